The van der Waals surface area contributed by atoms with Crippen LogP contribution >= 0.6 is 11.6 Å². The number of nitrogens with one attached hydrogen (secondary N) is 1. The van der Waals surface area contributed by atoms with Crippen molar-refractivity contribution in [3.8, 4) is 5.75 Å². The molecule has 0 saturated carbocycles. The molecule has 0 aromatic heterocycles. The van der Waals surface area contributed by atoms with E-state index in [1.165, 1.54) is 19.1 Å². The third-order valence-corrected chi connectivity index (χ3v) is 3.42. The van der Waals surface area contributed by atoms with Gasteiger partial charge in [-0.25, -0.2) is 0 Å². The molecule has 0 unspecified atom stereocenters. The second-order valence-electron chi connectivity index (χ2n) is 4.94. The van der Waals surface area contributed by atoms with Crippen LogP contribution < -0.4 is 5.32 Å². The van der Waals surface area contributed by atoms with E-state index in [1.54, 1.807) is 36.4 Å². The van der Waals surface area contributed by atoms with Crippen LogP contribution in [-0.4, -0.2) is 23.1 Å². The summed E-state index contributed by atoms with van der Waals surface area (Å²) in [5.74, 6) is -0.871. The fourth-order valence-corrected chi connectivity index (χ4v) is 2.05. The number of ether oxygens (including phenoxy) is 1. The normalized spacial score (nSPS) is 11.6. The van der Waals surface area contributed by atoms with Gasteiger partial charge < -0.3 is 15.2 Å². The van der Waals surface area contributed by atoms with Crippen LogP contribution in [-0.2, 0) is 20.7 Å². The number of anilines is 1. The lowest BCUT2D eigenvalue weighted by Crippen LogP contribution is -2.30. The number of carbonyl (C=O) groups is 2. The zero-order valence-electron chi connectivity index (χ0n) is 12.5. The minimum absolute atomic E-state index is 0.0179. The molecule has 0 bridgehead atoms. The molecule has 0 radical (unpaired) electrons. The van der Waals surface area contributed by atoms with E-state index in [1.807, 2.05) is 0 Å². The van der Waals surface area contributed by atoms with Gasteiger partial charge in [-0.3, -0.25) is 9.59 Å². The molecular weight excluding hydrogens is 318 g/mol. The number of benzene rings is 2. The molecule has 0 aliphatic rings. The number of esters is 1. The molecule has 2 aromatic rings. The molecule has 0 heterocycles. The average Bonchev–Trinajstić information content (AvgIpc) is 2.51. The van der Waals surface area contributed by atoms with Crippen LogP contribution in [0.2, 0.25) is 5.02 Å². The summed E-state index contributed by atoms with van der Waals surface area (Å²) < 4.78 is 5.10. The second kappa shape index (κ2) is 7.65. The van der Waals surface area contributed by atoms with Gasteiger partial charge in [0.25, 0.3) is 5.91 Å². The van der Waals surface area contributed by atoms with Crippen molar-refractivity contribution in [3.05, 3.63) is 59.1 Å². The monoisotopic (exact) mass is 333 g/mol. The topological polar surface area (TPSA) is 75.6 Å². The predicted molar refractivity (Wildman–Crippen MR) is 87.4 cm³/mol. The lowest BCUT2D eigenvalue weighted by atomic mass is 10.1. The molecule has 5 nitrogen and oxygen atoms in total. The number of rotatable bonds is 5. The Hall–Kier alpha value is -2.53. The molecule has 0 spiro atoms. The van der Waals surface area contributed by atoms with Crippen LogP contribution in [0.5, 0.6) is 5.75 Å². The van der Waals surface area contributed by atoms with Gasteiger partial charge >= 0.3 is 5.97 Å². The van der Waals surface area contributed by atoms with E-state index >= 15 is 0 Å². The maximum Gasteiger partial charge on any atom is 0.311 e. The maximum absolute atomic E-state index is 12.0. The number of carbonyl (C=O) groups excluding carboxylic acids is 2. The van der Waals surface area contributed by atoms with Gasteiger partial charge in [0.2, 0.25) is 0 Å². The van der Waals surface area contributed by atoms with E-state index in [9.17, 15) is 14.7 Å². The highest BCUT2D eigenvalue weighted by molar-refractivity contribution is 6.33. The third-order valence-electron chi connectivity index (χ3n) is 3.09. The van der Waals surface area contributed by atoms with Crippen molar-refractivity contribution in [1.29, 1.82) is 0 Å². The summed E-state index contributed by atoms with van der Waals surface area (Å²) in [6, 6.07) is 13.0. The van der Waals surface area contributed by atoms with Crippen molar-refractivity contribution < 1.29 is 19.4 Å². The van der Waals surface area contributed by atoms with Gasteiger partial charge in [-0.05, 0) is 36.8 Å². The van der Waals surface area contributed by atoms with Gasteiger partial charge in [-0.2, -0.15) is 0 Å². The fraction of sp³-hybridized carbons (Fsp3) is 0.176. The van der Waals surface area contributed by atoms with Crippen LogP contribution in [0.4, 0.5) is 5.69 Å². The zero-order chi connectivity index (χ0) is 16.8. The Labute approximate surface area is 138 Å². The van der Waals surface area contributed by atoms with Gasteiger partial charge in [-0.1, -0.05) is 35.9 Å². The van der Waals surface area contributed by atoms with Gasteiger partial charge in [-0.15, -0.1) is 0 Å². The Morgan fingerprint density at radius 2 is 1.83 bits per heavy atom. The van der Waals surface area contributed by atoms with E-state index in [4.69, 9.17) is 16.3 Å². The van der Waals surface area contributed by atoms with E-state index in [0.717, 1.165) is 0 Å². The Bertz CT molecular complexity index is 700. The first kappa shape index (κ1) is 16.8. The van der Waals surface area contributed by atoms with Crippen LogP contribution in [0.15, 0.2) is 48.5 Å². The molecule has 0 fully saturated rings. The summed E-state index contributed by atoms with van der Waals surface area (Å²) >= 11 is 5.96. The number of para-hydroxylation sites is 1. The van der Waals surface area contributed by atoms with E-state index in [-0.39, 0.29) is 12.2 Å². The van der Waals surface area contributed by atoms with E-state index < -0.39 is 18.0 Å². The smallest absolute Gasteiger partial charge is 0.311 e. The quantitative estimate of drug-likeness (QED) is 0.824. The molecule has 0 aliphatic heterocycles. The molecule has 1 atom stereocenters. The lowest BCUT2D eigenvalue weighted by Gasteiger charge is -2.14. The molecule has 23 heavy (non-hydrogen) atoms. The SMILES string of the molecule is C[C@H](OC(=O)Cc1ccc(O)cc1)C(=O)Nc1ccccc1Cl. The molecule has 120 valence electrons. The third kappa shape index (κ3) is 5.00. The minimum atomic E-state index is -0.948. The number of amides is 1. The summed E-state index contributed by atoms with van der Waals surface area (Å²) in [5, 5.41) is 12.2. The van der Waals surface area contributed by atoms with Gasteiger partial charge in [0, 0.05) is 0 Å². The van der Waals surface area contributed by atoms with Crippen molar-refractivity contribution >= 4 is 29.2 Å². The Kier molecular flexibility index (Phi) is 5.60. The molecule has 6 heteroatoms. The zero-order valence-corrected chi connectivity index (χ0v) is 13.2. The second-order valence-corrected chi connectivity index (χ2v) is 5.35. The van der Waals surface area contributed by atoms with Crippen molar-refractivity contribution in [2.75, 3.05) is 5.32 Å². The molecule has 0 aliphatic carbocycles. The number of halogens is 1. The van der Waals surface area contributed by atoms with Crippen molar-refractivity contribution in [2.45, 2.75) is 19.4 Å². The largest absolute Gasteiger partial charge is 0.508 e. The first-order valence-corrected chi connectivity index (χ1v) is 7.36. The summed E-state index contributed by atoms with van der Waals surface area (Å²) in [4.78, 5) is 23.9. The summed E-state index contributed by atoms with van der Waals surface area (Å²) in [7, 11) is 0. The van der Waals surface area contributed by atoms with Crippen molar-refractivity contribution in [3.63, 3.8) is 0 Å². The Morgan fingerprint density at radius 1 is 1.17 bits per heavy atom. The highest BCUT2D eigenvalue weighted by Gasteiger charge is 2.18. The highest BCUT2D eigenvalue weighted by atomic mass is 35.5. The first-order chi connectivity index (χ1) is 11.0. The predicted octanol–water partition coefficient (Wildman–Crippen LogP) is 3.16. The Balaban J connectivity index is 1.89. The summed E-state index contributed by atoms with van der Waals surface area (Å²) in [5.41, 5.74) is 1.15. The number of phenolic OH excluding ortho intramolecular Hbond substituents is 1. The van der Waals surface area contributed by atoms with Gasteiger partial charge in [0.05, 0.1) is 17.1 Å². The molecule has 2 rings (SSSR count). The van der Waals surface area contributed by atoms with Crippen molar-refractivity contribution in [1.82, 2.24) is 0 Å². The molecule has 2 aromatic carbocycles. The Morgan fingerprint density at radius 3 is 2.48 bits per heavy atom. The number of phenols is 1. The molecule has 1 amide bonds. The fourth-order valence-electron chi connectivity index (χ4n) is 1.87. The molecule has 2 N–H and O–H groups in total. The van der Waals surface area contributed by atoms with Crippen LogP contribution in [0.25, 0.3) is 0 Å². The summed E-state index contributed by atoms with van der Waals surface area (Å²) in [6.45, 7) is 1.49. The van der Waals surface area contributed by atoms with Crippen LogP contribution in [0.1, 0.15) is 12.5 Å². The maximum atomic E-state index is 12.0. The van der Waals surface area contributed by atoms with E-state index in [2.05, 4.69) is 5.32 Å². The van der Waals surface area contributed by atoms with Crippen molar-refractivity contribution in [2.24, 2.45) is 0 Å². The number of hydrogen-bond acceptors (Lipinski definition) is 4. The standard InChI is InChI=1S/C17H16ClNO4/c1-11(17(22)19-15-5-3-2-4-14(15)18)23-16(21)10-12-6-8-13(20)9-7-12/h2-9,11,20H,10H2,1H3,(H,19,22)/t11-/m0/s1. The molecular formula is C17H16ClNO4. The summed E-state index contributed by atoms with van der Waals surface area (Å²) in [6.07, 6.45) is -0.930. The molecule has 0 saturated heterocycles. The highest BCUT2D eigenvalue weighted by Crippen LogP contribution is 2.20. The van der Waals surface area contributed by atoms with Crippen LogP contribution in [0, 0.1) is 0 Å². The van der Waals surface area contributed by atoms with Gasteiger partial charge in [0.1, 0.15) is 5.75 Å². The van der Waals surface area contributed by atoms with Gasteiger partial charge in [0.15, 0.2) is 6.10 Å². The van der Waals surface area contributed by atoms with E-state index in [0.29, 0.717) is 16.3 Å². The van der Waals surface area contributed by atoms with Crippen LogP contribution in [0.3, 0.4) is 0 Å². The number of hydrogen-bond donors (Lipinski definition) is 2. The number of aromatic hydroxyl groups is 1. The minimum Gasteiger partial charge on any atom is -0.508 e. The lowest BCUT2D eigenvalue weighted by molar-refractivity contribution is -0.152. The average molecular weight is 334 g/mol. The first-order valence-electron chi connectivity index (χ1n) is 6.98.